The van der Waals surface area contributed by atoms with E-state index < -0.39 is 0 Å². The van der Waals surface area contributed by atoms with Crippen molar-refractivity contribution in [1.82, 2.24) is 24.6 Å². The van der Waals surface area contributed by atoms with Crippen molar-refractivity contribution in [3.63, 3.8) is 0 Å². The number of esters is 1. The number of benzene rings is 1. The van der Waals surface area contributed by atoms with E-state index in [-0.39, 0.29) is 5.97 Å². The van der Waals surface area contributed by atoms with Crippen LogP contribution >= 0.6 is 0 Å². The Balaban J connectivity index is 1.39. The maximum atomic E-state index is 11.9. The molecule has 0 fully saturated rings. The molecule has 8 heteroatoms. The van der Waals surface area contributed by atoms with Gasteiger partial charge in [-0.3, -0.25) is 9.69 Å². The van der Waals surface area contributed by atoms with Crippen molar-refractivity contribution in [1.29, 1.82) is 0 Å². The zero-order chi connectivity index (χ0) is 23.8. The number of hydrogen-bond acceptors (Lipinski definition) is 7. The molecule has 0 bridgehead atoms. The first-order valence-corrected chi connectivity index (χ1v) is 11.7. The first-order chi connectivity index (χ1) is 16.4. The topological polar surface area (TPSA) is 86.3 Å². The molecule has 34 heavy (non-hydrogen) atoms. The zero-order valence-electron chi connectivity index (χ0n) is 20.0. The highest BCUT2D eigenvalue weighted by molar-refractivity contribution is 5.80. The van der Waals surface area contributed by atoms with Crippen LogP contribution in [0.1, 0.15) is 43.5 Å². The van der Waals surface area contributed by atoms with Gasteiger partial charge in [-0.2, -0.15) is 4.98 Å². The number of nitrogens with zero attached hydrogens (tertiary/aromatic N) is 5. The summed E-state index contributed by atoms with van der Waals surface area (Å²) in [6.45, 7) is 10.5. The van der Waals surface area contributed by atoms with Gasteiger partial charge in [-0.05, 0) is 62.9 Å². The van der Waals surface area contributed by atoms with E-state index in [0.29, 0.717) is 30.9 Å². The summed E-state index contributed by atoms with van der Waals surface area (Å²) in [4.78, 5) is 23.3. The summed E-state index contributed by atoms with van der Waals surface area (Å²) in [6, 6.07) is 8.59. The van der Waals surface area contributed by atoms with E-state index in [0.717, 1.165) is 47.2 Å². The monoisotopic (exact) mass is 459 g/mol. The lowest BCUT2D eigenvalue weighted by Gasteiger charge is -2.29. The van der Waals surface area contributed by atoms with E-state index in [1.54, 1.807) is 6.20 Å². The van der Waals surface area contributed by atoms with E-state index in [2.05, 4.69) is 63.7 Å². The second-order valence-electron chi connectivity index (χ2n) is 9.02. The average Bonchev–Trinajstić information content (AvgIpc) is 3.46. The Kier molecular flexibility index (Phi) is 5.91. The summed E-state index contributed by atoms with van der Waals surface area (Å²) in [5, 5.41) is 5.31. The van der Waals surface area contributed by atoms with Crippen molar-refractivity contribution in [2.45, 2.75) is 46.7 Å². The second kappa shape index (κ2) is 9.02. The van der Waals surface area contributed by atoms with Crippen LogP contribution in [0, 0.1) is 6.92 Å². The molecule has 0 saturated heterocycles. The van der Waals surface area contributed by atoms with Gasteiger partial charge in [-0.1, -0.05) is 17.3 Å². The molecule has 0 atom stereocenters. The molecule has 1 aromatic carbocycles. The first kappa shape index (κ1) is 22.3. The van der Waals surface area contributed by atoms with Gasteiger partial charge in [0.05, 0.1) is 18.7 Å². The predicted molar refractivity (Wildman–Crippen MR) is 129 cm³/mol. The van der Waals surface area contributed by atoms with Crippen LogP contribution in [-0.4, -0.2) is 50.3 Å². The van der Waals surface area contributed by atoms with Gasteiger partial charge in [-0.15, -0.1) is 0 Å². The Morgan fingerprint density at radius 2 is 2.12 bits per heavy atom. The molecule has 4 heterocycles. The minimum Gasteiger partial charge on any atom is -0.465 e. The van der Waals surface area contributed by atoms with E-state index in [1.165, 1.54) is 11.1 Å². The molecular formula is C26H29N5O3. The summed E-state index contributed by atoms with van der Waals surface area (Å²) in [7, 11) is 0. The molecule has 0 N–H and O–H groups in total. The highest BCUT2D eigenvalue weighted by atomic mass is 16.5. The number of carbonyl (C=O) groups is 1. The van der Waals surface area contributed by atoms with Crippen LogP contribution in [-0.2, 0) is 22.5 Å². The maximum Gasteiger partial charge on any atom is 0.320 e. The van der Waals surface area contributed by atoms with Crippen LogP contribution < -0.4 is 0 Å². The molecule has 0 saturated carbocycles. The van der Waals surface area contributed by atoms with Crippen LogP contribution in [0.4, 0.5) is 0 Å². The Morgan fingerprint density at radius 3 is 2.91 bits per heavy atom. The molecule has 0 radical (unpaired) electrons. The molecule has 1 aliphatic rings. The van der Waals surface area contributed by atoms with Crippen LogP contribution in [0.25, 0.3) is 33.9 Å². The summed E-state index contributed by atoms with van der Waals surface area (Å²) in [5.41, 5.74) is 6.39. The zero-order valence-corrected chi connectivity index (χ0v) is 20.0. The summed E-state index contributed by atoms with van der Waals surface area (Å²) < 4.78 is 12.9. The van der Waals surface area contributed by atoms with Crippen LogP contribution in [0.3, 0.4) is 0 Å². The van der Waals surface area contributed by atoms with Crippen molar-refractivity contribution < 1.29 is 14.1 Å². The van der Waals surface area contributed by atoms with E-state index in [9.17, 15) is 4.79 Å². The van der Waals surface area contributed by atoms with Crippen molar-refractivity contribution in [3.8, 4) is 22.8 Å². The summed E-state index contributed by atoms with van der Waals surface area (Å²) in [6.07, 6.45) is 4.71. The molecule has 1 aliphatic heterocycles. The number of ether oxygens (including phenoxy) is 1. The smallest absolute Gasteiger partial charge is 0.320 e. The van der Waals surface area contributed by atoms with Crippen LogP contribution in [0.5, 0.6) is 0 Å². The number of rotatable bonds is 6. The molecule has 3 aromatic heterocycles. The molecule has 0 aliphatic carbocycles. The standard InChI is InChI=1S/C26H29N5O3/c1-5-33-23(32)15-30-10-9-21-17(4)22(7-6-19(21)14-30)24-28-26(34-29-24)20-12-18-8-11-31(16(2)3)25(18)27-13-20/h6-8,11-13,16H,5,9-10,14-15H2,1-4H3. The number of carbonyl (C=O) groups excluding carboxylic acids is 1. The van der Waals surface area contributed by atoms with Crippen molar-refractivity contribution in [3.05, 3.63) is 53.3 Å². The first-order valence-electron chi connectivity index (χ1n) is 11.7. The van der Waals surface area contributed by atoms with Gasteiger partial charge < -0.3 is 13.8 Å². The van der Waals surface area contributed by atoms with E-state index in [4.69, 9.17) is 9.26 Å². The quantitative estimate of drug-likeness (QED) is 0.391. The van der Waals surface area contributed by atoms with Gasteiger partial charge in [0.15, 0.2) is 0 Å². The van der Waals surface area contributed by atoms with Gasteiger partial charge in [0.25, 0.3) is 5.89 Å². The van der Waals surface area contributed by atoms with E-state index in [1.807, 2.05) is 19.1 Å². The maximum absolute atomic E-state index is 11.9. The van der Waals surface area contributed by atoms with Gasteiger partial charge in [0, 0.05) is 42.5 Å². The third kappa shape index (κ3) is 4.09. The number of hydrogen-bond donors (Lipinski definition) is 0. The number of fused-ring (bicyclic) bond motifs is 2. The van der Waals surface area contributed by atoms with Crippen molar-refractivity contribution in [2.75, 3.05) is 19.7 Å². The highest BCUT2D eigenvalue weighted by Crippen LogP contribution is 2.31. The van der Waals surface area contributed by atoms with Crippen molar-refractivity contribution in [2.24, 2.45) is 0 Å². The van der Waals surface area contributed by atoms with E-state index >= 15 is 0 Å². The largest absolute Gasteiger partial charge is 0.465 e. The highest BCUT2D eigenvalue weighted by Gasteiger charge is 2.23. The molecule has 8 nitrogen and oxygen atoms in total. The fraction of sp³-hybridized carbons (Fsp3) is 0.385. The molecular weight excluding hydrogens is 430 g/mol. The Bertz CT molecular complexity index is 1350. The lowest BCUT2D eigenvalue weighted by Crippen LogP contribution is -2.35. The fourth-order valence-corrected chi connectivity index (χ4v) is 4.69. The van der Waals surface area contributed by atoms with Gasteiger partial charge in [0.1, 0.15) is 5.65 Å². The SMILES string of the molecule is CCOC(=O)CN1CCc2c(ccc(-c3noc(-c4cnc5c(ccn5C(C)C)c4)n3)c2C)C1. The molecule has 5 rings (SSSR count). The minimum absolute atomic E-state index is 0.174. The van der Waals surface area contributed by atoms with Gasteiger partial charge in [-0.25, -0.2) is 4.98 Å². The van der Waals surface area contributed by atoms with Crippen LogP contribution in [0.2, 0.25) is 0 Å². The summed E-state index contributed by atoms with van der Waals surface area (Å²) in [5.74, 6) is 0.857. The van der Waals surface area contributed by atoms with Gasteiger partial charge >= 0.3 is 5.97 Å². The number of pyridine rings is 1. The molecule has 176 valence electrons. The molecule has 0 amide bonds. The minimum atomic E-state index is -0.174. The number of aromatic nitrogens is 4. The summed E-state index contributed by atoms with van der Waals surface area (Å²) >= 11 is 0. The Morgan fingerprint density at radius 1 is 1.26 bits per heavy atom. The lowest BCUT2D eigenvalue weighted by atomic mass is 9.91. The third-order valence-electron chi connectivity index (χ3n) is 6.45. The lowest BCUT2D eigenvalue weighted by molar-refractivity contribution is -0.144. The second-order valence-corrected chi connectivity index (χ2v) is 9.02. The van der Waals surface area contributed by atoms with Crippen LogP contribution in [0.15, 0.2) is 41.2 Å². The Labute approximate surface area is 198 Å². The molecule has 0 unspecified atom stereocenters. The molecule has 4 aromatic rings. The predicted octanol–water partition coefficient (Wildman–Crippen LogP) is 4.56. The third-order valence-corrected chi connectivity index (χ3v) is 6.45. The molecule has 0 spiro atoms. The Hall–Kier alpha value is -3.52. The normalized spacial score (nSPS) is 14.0. The fourth-order valence-electron chi connectivity index (χ4n) is 4.69. The average molecular weight is 460 g/mol. The van der Waals surface area contributed by atoms with Crippen molar-refractivity contribution >= 4 is 17.0 Å². The van der Waals surface area contributed by atoms with Gasteiger partial charge in [0.2, 0.25) is 5.82 Å².